The van der Waals surface area contributed by atoms with Crippen LogP contribution in [-0.2, 0) is 22.9 Å². The lowest BCUT2D eigenvalue weighted by molar-refractivity contribution is 0.0258. The van der Waals surface area contributed by atoms with E-state index in [4.69, 9.17) is 4.74 Å². The van der Waals surface area contributed by atoms with Crippen molar-refractivity contribution < 1.29 is 13.9 Å². The van der Waals surface area contributed by atoms with Gasteiger partial charge in [0.15, 0.2) is 0 Å². The number of halogens is 2. The van der Waals surface area contributed by atoms with E-state index < -0.39 is 5.60 Å². The van der Waals surface area contributed by atoms with Crippen molar-refractivity contribution in [3.63, 3.8) is 0 Å². The highest BCUT2D eigenvalue weighted by molar-refractivity contribution is 9.08. The lowest BCUT2D eigenvalue weighted by Crippen LogP contribution is -2.38. The Labute approximate surface area is 133 Å². The van der Waals surface area contributed by atoms with E-state index in [2.05, 4.69) is 15.9 Å². The molecule has 0 atom stereocenters. The zero-order valence-corrected chi connectivity index (χ0v) is 14.3. The highest BCUT2D eigenvalue weighted by atomic mass is 79.9. The smallest absolute Gasteiger partial charge is 0.410 e. The van der Waals surface area contributed by atoms with E-state index >= 15 is 0 Å². The quantitative estimate of drug-likeness (QED) is 0.709. The maximum atomic E-state index is 14.4. The third-order valence-corrected chi connectivity index (χ3v) is 4.10. The van der Waals surface area contributed by atoms with Crippen molar-refractivity contribution in [3.05, 3.63) is 34.6 Å². The second-order valence-corrected chi connectivity index (χ2v) is 6.84. The Morgan fingerprint density at radius 3 is 2.62 bits per heavy atom. The molecule has 1 aliphatic heterocycles. The number of benzene rings is 1. The third kappa shape index (κ3) is 3.96. The van der Waals surface area contributed by atoms with E-state index in [1.54, 1.807) is 4.90 Å². The summed E-state index contributed by atoms with van der Waals surface area (Å²) in [7, 11) is 0. The minimum atomic E-state index is -0.509. The molecule has 1 aromatic rings. The summed E-state index contributed by atoms with van der Waals surface area (Å²) < 4.78 is 19.8. The summed E-state index contributed by atoms with van der Waals surface area (Å²) >= 11 is 3.30. The van der Waals surface area contributed by atoms with Gasteiger partial charge in [-0.15, -0.1) is 0 Å². The summed E-state index contributed by atoms with van der Waals surface area (Å²) in [4.78, 5) is 13.8. The molecule has 1 aromatic carbocycles. The van der Waals surface area contributed by atoms with E-state index in [0.29, 0.717) is 36.8 Å². The van der Waals surface area contributed by atoms with Gasteiger partial charge in [0.25, 0.3) is 0 Å². The normalized spacial score (nSPS) is 15.4. The van der Waals surface area contributed by atoms with Crippen LogP contribution < -0.4 is 0 Å². The molecule has 0 spiro atoms. The van der Waals surface area contributed by atoms with Crippen LogP contribution in [0.25, 0.3) is 0 Å². The van der Waals surface area contributed by atoms with Crippen molar-refractivity contribution in [1.82, 2.24) is 4.90 Å². The van der Waals surface area contributed by atoms with Gasteiger partial charge in [0.1, 0.15) is 11.4 Å². The van der Waals surface area contributed by atoms with Crippen LogP contribution in [0.3, 0.4) is 0 Å². The predicted molar refractivity (Wildman–Crippen MR) is 84.2 cm³/mol. The van der Waals surface area contributed by atoms with Crippen LogP contribution in [0.15, 0.2) is 12.1 Å². The van der Waals surface area contributed by atoms with Gasteiger partial charge >= 0.3 is 6.09 Å². The van der Waals surface area contributed by atoms with Crippen molar-refractivity contribution in [1.29, 1.82) is 0 Å². The van der Waals surface area contributed by atoms with Crippen molar-refractivity contribution in [2.75, 3.05) is 13.1 Å². The molecule has 1 aliphatic rings. The molecule has 0 aliphatic carbocycles. The molecule has 0 N–H and O–H groups in total. The maximum Gasteiger partial charge on any atom is 0.410 e. The van der Waals surface area contributed by atoms with Gasteiger partial charge in [-0.05, 0) is 50.3 Å². The highest BCUT2D eigenvalue weighted by Crippen LogP contribution is 2.24. The fourth-order valence-electron chi connectivity index (χ4n) is 2.44. The summed E-state index contributed by atoms with van der Waals surface area (Å²) in [5.41, 5.74) is 1.88. The van der Waals surface area contributed by atoms with Gasteiger partial charge in [-0.1, -0.05) is 28.1 Å². The van der Waals surface area contributed by atoms with Gasteiger partial charge in [0, 0.05) is 18.4 Å². The number of fused-ring (bicyclic) bond motifs is 1. The number of nitrogens with zero attached hydrogens (tertiary/aromatic N) is 1. The summed E-state index contributed by atoms with van der Waals surface area (Å²) in [6.07, 6.45) is 0.867. The van der Waals surface area contributed by atoms with Crippen molar-refractivity contribution in [2.45, 2.75) is 44.5 Å². The summed E-state index contributed by atoms with van der Waals surface area (Å²) in [6.45, 7) is 6.60. The summed E-state index contributed by atoms with van der Waals surface area (Å²) in [5, 5.41) is 0.502. The predicted octanol–water partition coefficient (Wildman–Crippen LogP) is 4.06. The molecule has 0 saturated carbocycles. The van der Waals surface area contributed by atoms with Crippen LogP contribution in [0.1, 0.15) is 37.5 Å². The average molecular weight is 358 g/mol. The number of carbonyl (C=O) groups excluding carboxylic acids is 1. The van der Waals surface area contributed by atoms with E-state index in [-0.39, 0.29) is 11.9 Å². The first-order valence-electron chi connectivity index (χ1n) is 7.15. The Hall–Kier alpha value is -1.10. The Bertz CT molecular complexity index is 540. The highest BCUT2D eigenvalue weighted by Gasteiger charge is 2.25. The molecule has 21 heavy (non-hydrogen) atoms. The standard InChI is InChI=1S/C16H21BrFNO2/c1-16(2,3)21-15(20)19-8-6-11-4-5-12(10-17)14(18)13(11)7-9-19/h4-5H,6-10H2,1-3H3. The lowest BCUT2D eigenvalue weighted by atomic mass is 10.00. The fourth-order valence-corrected chi connectivity index (χ4v) is 2.87. The molecule has 0 bridgehead atoms. The van der Waals surface area contributed by atoms with Crippen molar-refractivity contribution in [3.8, 4) is 0 Å². The van der Waals surface area contributed by atoms with Crippen LogP contribution in [0.5, 0.6) is 0 Å². The Morgan fingerprint density at radius 2 is 2.00 bits per heavy atom. The Morgan fingerprint density at radius 1 is 1.33 bits per heavy atom. The van der Waals surface area contributed by atoms with Gasteiger partial charge in [-0.2, -0.15) is 0 Å². The number of amides is 1. The van der Waals surface area contributed by atoms with E-state index in [0.717, 1.165) is 11.1 Å². The largest absolute Gasteiger partial charge is 0.444 e. The molecule has 116 valence electrons. The molecule has 0 aromatic heterocycles. The molecular weight excluding hydrogens is 337 g/mol. The van der Waals surface area contributed by atoms with Crippen molar-refractivity contribution >= 4 is 22.0 Å². The SMILES string of the molecule is CC(C)(C)OC(=O)N1CCc2ccc(CBr)c(F)c2CC1. The summed E-state index contributed by atoms with van der Waals surface area (Å²) in [6, 6.07) is 3.78. The van der Waals surface area contributed by atoms with Crippen LogP contribution >= 0.6 is 15.9 Å². The molecule has 2 rings (SSSR count). The van der Waals surface area contributed by atoms with Crippen LogP contribution in [-0.4, -0.2) is 29.7 Å². The second-order valence-electron chi connectivity index (χ2n) is 6.28. The lowest BCUT2D eigenvalue weighted by Gasteiger charge is -2.26. The van der Waals surface area contributed by atoms with Gasteiger partial charge in [-0.3, -0.25) is 0 Å². The minimum absolute atomic E-state index is 0.143. The second kappa shape index (κ2) is 6.34. The fraction of sp³-hybridized carbons (Fsp3) is 0.562. The number of hydrogen-bond donors (Lipinski definition) is 0. The number of hydrogen-bond acceptors (Lipinski definition) is 2. The van der Waals surface area contributed by atoms with E-state index in [1.165, 1.54) is 0 Å². The first kappa shape index (κ1) is 16.3. The molecule has 3 nitrogen and oxygen atoms in total. The van der Waals surface area contributed by atoms with Crippen molar-refractivity contribution in [2.24, 2.45) is 0 Å². The molecule has 0 unspecified atom stereocenters. The Balaban J connectivity index is 2.14. The Kier molecular flexibility index (Phi) is 4.91. The average Bonchev–Trinajstić information content (AvgIpc) is 2.60. The molecule has 1 heterocycles. The first-order chi connectivity index (χ1) is 9.81. The van der Waals surface area contributed by atoms with Gasteiger partial charge < -0.3 is 9.64 Å². The van der Waals surface area contributed by atoms with E-state index in [9.17, 15) is 9.18 Å². The molecule has 1 amide bonds. The number of rotatable bonds is 1. The van der Waals surface area contributed by atoms with E-state index in [1.807, 2.05) is 32.9 Å². The number of alkyl halides is 1. The molecule has 5 heteroatoms. The van der Waals surface area contributed by atoms with Gasteiger partial charge in [0.05, 0.1) is 0 Å². The maximum absolute atomic E-state index is 14.4. The van der Waals surface area contributed by atoms with Gasteiger partial charge in [-0.25, -0.2) is 9.18 Å². The minimum Gasteiger partial charge on any atom is -0.444 e. The third-order valence-electron chi connectivity index (χ3n) is 3.50. The van der Waals surface area contributed by atoms with Crippen LogP contribution in [0.4, 0.5) is 9.18 Å². The zero-order chi connectivity index (χ0) is 15.6. The molecule has 0 radical (unpaired) electrons. The molecule has 0 fully saturated rings. The van der Waals surface area contributed by atoms with Gasteiger partial charge in [0.2, 0.25) is 0 Å². The summed E-state index contributed by atoms with van der Waals surface area (Å²) in [5.74, 6) is -0.143. The monoisotopic (exact) mass is 357 g/mol. The number of carbonyl (C=O) groups is 1. The molecular formula is C16H21BrFNO2. The van der Waals surface area contributed by atoms with Crippen LogP contribution in [0.2, 0.25) is 0 Å². The zero-order valence-electron chi connectivity index (χ0n) is 12.7. The molecule has 0 saturated heterocycles. The number of ether oxygens (including phenoxy) is 1. The first-order valence-corrected chi connectivity index (χ1v) is 8.27. The van der Waals surface area contributed by atoms with Crippen LogP contribution in [0, 0.1) is 5.82 Å². The topological polar surface area (TPSA) is 29.5 Å².